The molecule has 3 aromatic rings. The number of rotatable bonds is 7. The van der Waals surface area contributed by atoms with Crippen molar-refractivity contribution in [3.63, 3.8) is 0 Å². The molecule has 0 aliphatic carbocycles. The van der Waals surface area contributed by atoms with Crippen LogP contribution < -0.4 is 26.8 Å². The molecule has 1 radical (unpaired) electrons. The fraction of sp³-hybridized carbons (Fsp3) is 0.192. The van der Waals surface area contributed by atoms with Gasteiger partial charge in [-0.25, -0.2) is 0 Å². The molecule has 0 aliphatic rings. The molecule has 7 N–H and O–H groups in total. The smallest absolute Gasteiger partial charge is 0.550 e. The van der Waals surface area contributed by atoms with Gasteiger partial charge in [-0.05, 0) is 34.9 Å². The number of carboxylic acid groups (broad SMARTS) is 3. The molecule has 38 heavy (non-hydrogen) atoms. The van der Waals surface area contributed by atoms with Gasteiger partial charge >= 0.3 is 17.1 Å². The summed E-state index contributed by atoms with van der Waals surface area (Å²) in [7, 11) is 0. The topological polar surface area (TPSA) is 233 Å². The summed E-state index contributed by atoms with van der Waals surface area (Å²) >= 11 is 0. The van der Waals surface area contributed by atoms with Crippen LogP contribution in [0.3, 0.4) is 0 Å². The molecule has 11 nitrogen and oxygen atoms in total. The predicted molar refractivity (Wildman–Crippen MR) is 129 cm³/mol. The molecule has 0 fully saturated rings. The monoisotopic (exact) mass is 569 g/mol. The molecule has 0 spiro atoms. The number of hydrogen-bond donors (Lipinski definition) is 5. The molecule has 3 rings (SSSR count). The number of carbonyl (C=O) groups excluding carboxylic acids is 3. The van der Waals surface area contributed by atoms with Crippen LogP contribution >= 0.6 is 0 Å². The minimum Gasteiger partial charge on any atom is -0.550 e. The first-order valence-corrected chi connectivity index (χ1v) is 10.8. The van der Waals surface area contributed by atoms with E-state index in [1.165, 1.54) is 18.2 Å². The third-order valence-electron chi connectivity index (χ3n) is 4.15. The van der Waals surface area contributed by atoms with E-state index in [1.807, 2.05) is 0 Å². The van der Waals surface area contributed by atoms with Crippen LogP contribution in [0.5, 0.6) is 17.2 Å². The number of aliphatic carboxylic acids is 3. The van der Waals surface area contributed by atoms with Crippen LogP contribution in [0.15, 0.2) is 72.8 Å². The molecular weight excluding hydrogens is 540 g/mol. The van der Waals surface area contributed by atoms with Crippen molar-refractivity contribution in [1.82, 2.24) is 0 Å². The zero-order valence-electron chi connectivity index (χ0n) is 20.3. The Morgan fingerprint density at radius 2 is 0.737 bits per heavy atom. The first-order chi connectivity index (χ1) is 17.5. The molecular formula is C26H29FeN2O9. The number of carbonyl (C=O) groups is 3. The van der Waals surface area contributed by atoms with Gasteiger partial charge in [-0.1, -0.05) is 54.6 Å². The first kappa shape index (κ1) is 36.1. The maximum Gasteiger partial charge on any atom is 3.00 e. The van der Waals surface area contributed by atoms with Crippen LogP contribution in [0.25, 0.3) is 0 Å². The van der Waals surface area contributed by atoms with Gasteiger partial charge in [-0.3, -0.25) is 0 Å². The first-order valence-electron chi connectivity index (χ1n) is 10.8. The van der Waals surface area contributed by atoms with E-state index in [2.05, 4.69) is 0 Å². The van der Waals surface area contributed by atoms with Crippen molar-refractivity contribution in [3.05, 3.63) is 89.5 Å². The van der Waals surface area contributed by atoms with Crippen LogP contribution in [-0.2, 0) is 50.7 Å². The van der Waals surface area contributed by atoms with E-state index in [1.54, 1.807) is 54.6 Å². The Morgan fingerprint density at radius 3 is 0.895 bits per heavy atom. The standard InChI is InChI=1S/3C8H8O3.C2H8N2.Fe/c3*9-7-4-2-1-3-6(7)5-8(10)11;3-1-2-4;/h3*1-4,9H,5H2,(H,10,11);1-4H2;/q;;;;+3/p-3. The van der Waals surface area contributed by atoms with Crippen LogP contribution in [0.1, 0.15) is 16.7 Å². The van der Waals surface area contributed by atoms with E-state index >= 15 is 0 Å². The predicted octanol–water partition coefficient (Wildman–Crippen LogP) is -2.04. The molecule has 0 amide bonds. The summed E-state index contributed by atoms with van der Waals surface area (Å²) in [6, 6.07) is 18.9. The number of carboxylic acids is 3. The molecule has 0 saturated heterocycles. The number of phenolic OH excluding ortho intramolecular Hbond substituents is 3. The zero-order chi connectivity index (χ0) is 28.2. The zero-order valence-corrected chi connectivity index (χ0v) is 21.4. The van der Waals surface area contributed by atoms with Gasteiger partial charge in [0.05, 0.1) is 0 Å². The van der Waals surface area contributed by atoms with Crippen molar-refractivity contribution < 1.29 is 62.1 Å². The third-order valence-corrected chi connectivity index (χ3v) is 4.15. The van der Waals surface area contributed by atoms with Gasteiger partial charge in [0.2, 0.25) is 0 Å². The van der Waals surface area contributed by atoms with Crippen LogP contribution in [-0.4, -0.2) is 46.3 Å². The summed E-state index contributed by atoms with van der Waals surface area (Å²) in [5, 5.41) is 57.5. The number of benzene rings is 3. The van der Waals surface area contributed by atoms with Gasteiger partial charge < -0.3 is 56.5 Å². The maximum atomic E-state index is 10.1. The Kier molecular flexibility index (Phi) is 20.0. The fourth-order valence-corrected chi connectivity index (χ4v) is 2.45. The van der Waals surface area contributed by atoms with Crippen molar-refractivity contribution in [2.75, 3.05) is 13.1 Å². The Morgan fingerprint density at radius 1 is 0.526 bits per heavy atom. The van der Waals surface area contributed by atoms with Crippen molar-refractivity contribution in [1.29, 1.82) is 0 Å². The van der Waals surface area contributed by atoms with Crippen molar-refractivity contribution in [2.45, 2.75) is 19.3 Å². The van der Waals surface area contributed by atoms with Crippen LogP contribution in [0, 0.1) is 0 Å². The number of nitrogens with two attached hydrogens (primary N) is 2. The second-order valence-electron chi connectivity index (χ2n) is 7.11. The minimum atomic E-state index is -1.19. The van der Waals surface area contributed by atoms with Crippen molar-refractivity contribution in [3.8, 4) is 17.2 Å². The van der Waals surface area contributed by atoms with E-state index in [9.17, 15) is 29.7 Å². The van der Waals surface area contributed by atoms with Crippen molar-refractivity contribution >= 4 is 17.9 Å². The molecule has 0 aliphatic heterocycles. The Hall–Kier alpha value is -4.09. The van der Waals surface area contributed by atoms with Gasteiger partial charge in [0, 0.05) is 50.3 Å². The molecule has 0 unspecified atom stereocenters. The minimum absolute atomic E-state index is 0. The Labute approximate surface area is 230 Å². The Bertz CT molecular complexity index is 988. The fourth-order valence-electron chi connectivity index (χ4n) is 2.45. The normalized spacial score (nSPS) is 9.00. The molecule has 3 aromatic carbocycles. The molecule has 0 aromatic heterocycles. The molecule has 0 bridgehead atoms. The van der Waals surface area contributed by atoms with Gasteiger partial charge in [0.25, 0.3) is 0 Å². The van der Waals surface area contributed by atoms with Gasteiger partial charge in [-0.2, -0.15) is 0 Å². The van der Waals surface area contributed by atoms with E-state index in [4.69, 9.17) is 26.8 Å². The molecule has 12 heteroatoms. The van der Waals surface area contributed by atoms with Crippen LogP contribution in [0.4, 0.5) is 0 Å². The average Bonchev–Trinajstić information content (AvgIpc) is 2.84. The SMILES string of the molecule is NCCN.O=C([O-])Cc1ccccc1O.O=C([O-])Cc1ccccc1O.O=C([O-])Cc1ccccc1O.[Fe+3]. The third kappa shape index (κ3) is 17.4. The number of aromatic hydroxyl groups is 3. The van der Waals surface area contributed by atoms with Gasteiger partial charge in [-0.15, -0.1) is 0 Å². The summed E-state index contributed by atoms with van der Waals surface area (Å²) in [5.74, 6) is -3.57. The molecule has 0 heterocycles. The second kappa shape index (κ2) is 21.0. The van der Waals surface area contributed by atoms with Gasteiger partial charge in [0.15, 0.2) is 0 Å². The van der Waals surface area contributed by atoms with E-state index in [-0.39, 0.29) is 53.6 Å². The number of phenols is 3. The summed E-state index contributed by atoms with van der Waals surface area (Å²) in [5.41, 5.74) is 11.0. The summed E-state index contributed by atoms with van der Waals surface area (Å²) in [6.07, 6.45) is -0.730. The summed E-state index contributed by atoms with van der Waals surface area (Å²) in [6.45, 7) is 1.19. The summed E-state index contributed by atoms with van der Waals surface area (Å²) < 4.78 is 0. The molecule has 205 valence electrons. The van der Waals surface area contributed by atoms with E-state index < -0.39 is 17.9 Å². The van der Waals surface area contributed by atoms with E-state index in [0.29, 0.717) is 29.8 Å². The number of para-hydroxylation sites is 3. The van der Waals surface area contributed by atoms with Crippen LogP contribution in [0.2, 0.25) is 0 Å². The quantitative estimate of drug-likeness (QED) is 0.194. The second-order valence-corrected chi connectivity index (χ2v) is 7.11. The summed E-state index contributed by atoms with van der Waals surface area (Å²) in [4.78, 5) is 30.3. The molecule has 0 saturated carbocycles. The Balaban J connectivity index is 0. The number of hydrogen-bond acceptors (Lipinski definition) is 11. The largest absolute Gasteiger partial charge is 3.00 e. The van der Waals surface area contributed by atoms with Crippen molar-refractivity contribution in [2.24, 2.45) is 11.5 Å². The van der Waals surface area contributed by atoms with Gasteiger partial charge in [0.1, 0.15) is 17.2 Å². The molecule has 0 atom stereocenters. The average molecular weight is 569 g/mol. The maximum absolute atomic E-state index is 10.1. The van der Waals surface area contributed by atoms with E-state index in [0.717, 1.165) is 0 Å².